The quantitative estimate of drug-likeness (QED) is 0.820. The monoisotopic (exact) mass is 411 g/mol. The van der Waals surface area contributed by atoms with E-state index < -0.39 is 0 Å². The highest BCUT2D eigenvalue weighted by Gasteiger charge is 2.20. The summed E-state index contributed by atoms with van der Waals surface area (Å²) in [6, 6.07) is 2.06. The van der Waals surface area contributed by atoms with Crippen molar-refractivity contribution >= 4 is 44.3 Å². The Morgan fingerprint density at radius 2 is 2.21 bits per heavy atom. The van der Waals surface area contributed by atoms with E-state index in [1.807, 2.05) is 6.20 Å². The largest absolute Gasteiger partial charge is 0.330 e. The summed E-state index contributed by atoms with van der Waals surface area (Å²) in [5, 5.41) is 0. The molecule has 6 heteroatoms. The minimum absolute atomic E-state index is 0. The van der Waals surface area contributed by atoms with Crippen LogP contribution < -0.4 is 5.73 Å². The fraction of sp³-hybridized carbons (Fsp3) is 0.615. The Kier molecular flexibility index (Phi) is 7.84. The SMILES string of the molecule is Cl.NCCC1CCCN(Cc2ncc(Br)cc2Br)C1. The predicted molar refractivity (Wildman–Crippen MR) is 88.6 cm³/mol. The lowest BCUT2D eigenvalue weighted by Crippen LogP contribution is -2.36. The van der Waals surface area contributed by atoms with Gasteiger partial charge >= 0.3 is 0 Å². The Morgan fingerprint density at radius 3 is 2.89 bits per heavy atom. The molecule has 1 atom stereocenters. The highest BCUT2D eigenvalue weighted by Crippen LogP contribution is 2.24. The number of piperidine rings is 1. The number of halogens is 3. The van der Waals surface area contributed by atoms with Crippen molar-refractivity contribution in [1.82, 2.24) is 9.88 Å². The lowest BCUT2D eigenvalue weighted by Gasteiger charge is -2.32. The molecule has 2 heterocycles. The molecule has 19 heavy (non-hydrogen) atoms. The van der Waals surface area contributed by atoms with Crippen LogP contribution in [-0.4, -0.2) is 29.5 Å². The van der Waals surface area contributed by atoms with Crippen LogP contribution in [0.1, 0.15) is 25.0 Å². The second-order valence-corrected chi connectivity index (χ2v) is 6.67. The first-order valence-corrected chi connectivity index (χ1v) is 8.00. The Hall–Kier alpha value is 0.320. The Labute approximate surface area is 138 Å². The van der Waals surface area contributed by atoms with Gasteiger partial charge in [0.15, 0.2) is 0 Å². The summed E-state index contributed by atoms with van der Waals surface area (Å²) in [5.74, 6) is 0.762. The average Bonchev–Trinajstić information content (AvgIpc) is 2.34. The molecule has 1 fully saturated rings. The summed E-state index contributed by atoms with van der Waals surface area (Å²) in [6.07, 6.45) is 5.61. The van der Waals surface area contributed by atoms with Gasteiger partial charge in [-0.3, -0.25) is 9.88 Å². The molecule has 0 radical (unpaired) electrons. The third-order valence-corrected chi connectivity index (χ3v) is 4.56. The van der Waals surface area contributed by atoms with E-state index in [1.54, 1.807) is 0 Å². The van der Waals surface area contributed by atoms with Crippen LogP contribution in [-0.2, 0) is 6.54 Å². The van der Waals surface area contributed by atoms with Gasteiger partial charge in [0, 0.05) is 28.2 Å². The van der Waals surface area contributed by atoms with Gasteiger partial charge in [0.2, 0.25) is 0 Å². The number of likely N-dealkylation sites (tertiary alicyclic amines) is 1. The van der Waals surface area contributed by atoms with Gasteiger partial charge in [-0.1, -0.05) is 0 Å². The standard InChI is InChI=1S/C13H19Br2N3.ClH/c14-11-6-12(15)13(17-7-11)9-18-5-1-2-10(8-18)3-4-16;/h6-7,10H,1-5,8-9,16H2;1H. The first-order valence-electron chi connectivity index (χ1n) is 6.41. The number of hydrogen-bond donors (Lipinski definition) is 1. The number of pyridine rings is 1. The second kappa shape index (κ2) is 8.57. The molecule has 1 aliphatic heterocycles. The lowest BCUT2D eigenvalue weighted by molar-refractivity contribution is 0.161. The lowest BCUT2D eigenvalue weighted by atomic mass is 9.95. The summed E-state index contributed by atoms with van der Waals surface area (Å²) in [5.41, 5.74) is 6.77. The average molecular weight is 414 g/mol. The van der Waals surface area contributed by atoms with Crippen LogP contribution in [0.3, 0.4) is 0 Å². The maximum atomic E-state index is 5.65. The summed E-state index contributed by atoms with van der Waals surface area (Å²) in [6.45, 7) is 4.06. The highest BCUT2D eigenvalue weighted by atomic mass is 79.9. The van der Waals surface area contributed by atoms with E-state index in [0.717, 1.165) is 46.6 Å². The number of rotatable bonds is 4. The molecule has 0 aromatic carbocycles. The number of aromatic nitrogens is 1. The van der Waals surface area contributed by atoms with Crippen LogP contribution in [0, 0.1) is 5.92 Å². The van der Waals surface area contributed by atoms with Gasteiger partial charge in [-0.2, -0.15) is 0 Å². The fourth-order valence-corrected chi connectivity index (χ4v) is 3.65. The second-order valence-electron chi connectivity index (χ2n) is 4.90. The van der Waals surface area contributed by atoms with Crippen molar-refractivity contribution in [3.8, 4) is 0 Å². The molecule has 0 spiro atoms. The third-order valence-electron chi connectivity index (χ3n) is 3.44. The van der Waals surface area contributed by atoms with Crippen LogP contribution in [0.4, 0.5) is 0 Å². The van der Waals surface area contributed by atoms with Crippen molar-refractivity contribution in [2.24, 2.45) is 11.7 Å². The molecular formula is C13H20Br2ClN3. The van der Waals surface area contributed by atoms with E-state index >= 15 is 0 Å². The van der Waals surface area contributed by atoms with Gasteiger partial charge < -0.3 is 5.73 Å². The van der Waals surface area contributed by atoms with Crippen LogP contribution >= 0.6 is 44.3 Å². The summed E-state index contributed by atoms with van der Waals surface area (Å²) >= 11 is 7.01. The van der Waals surface area contributed by atoms with Crippen molar-refractivity contribution in [2.75, 3.05) is 19.6 Å². The molecule has 1 aromatic rings. The summed E-state index contributed by atoms with van der Waals surface area (Å²) in [4.78, 5) is 6.97. The van der Waals surface area contributed by atoms with Crippen LogP contribution in [0.5, 0.6) is 0 Å². The van der Waals surface area contributed by atoms with E-state index in [0.29, 0.717) is 0 Å². The molecule has 1 aliphatic rings. The highest BCUT2D eigenvalue weighted by molar-refractivity contribution is 9.11. The first kappa shape index (κ1) is 17.4. The van der Waals surface area contributed by atoms with Crippen molar-refractivity contribution in [3.63, 3.8) is 0 Å². The van der Waals surface area contributed by atoms with Gasteiger partial charge in [0.1, 0.15) is 0 Å². The van der Waals surface area contributed by atoms with E-state index in [-0.39, 0.29) is 12.4 Å². The molecule has 0 aliphatic carbocycles. The molecule has 1 saturated heterocycles. The normalized spacial score (nSPS) is 20.1. The smallest absolute Gasteiger partial charge is 0.0686 e. The Balaban J connectivity index is 0.00000180. The maximum absolute atomic E-state index is 5.65. The molecular weight excluding hydrogens is 393 g/mol. The minimum atomic E-state index is 0. The summed E-state index contributed by atoms with van der Waals surface area (Å²) < 4.78 is 2.09. The number of nitrogens with two attached hydrogens (primary N) is 1. The maximum Gasteiger partial charge on any atom is 0.0686 e. The van der Waals surface area contributed by atoms with Gasteiger partial charge in [-0.15, -0.1) is 12.4 Å². The van der Waals surface area contributed by atoms with Gasteiger partial charge in [-0.25, -0.2) is 0 Å². The number of hydrogen-bond acceptors (Lipinski definition) is 3. The molecule has 2 rings (SSSR count). The van der Waals surface area contributed by atoms with Crippen LogP contribution in [0.2, 0.25) is 0 Å². The van der Waals surface area contributed by atoms with Crippen molar-refractivity contribution in [2.45, 2.75) is 25.8 Å². The van der Waals surface area contributed by atoms with E-state index in [9.17, 15) is 0 Å². The molecule has 0 amide bonds. The molecule has 1 aromatic heterocycles. The van der Waals surface area contributed by atoms with Gasteiger partial charge in [-0.05, 0) is 76.2 Å². The van der Waals surface area contributed by atoms with Crippen LogP contribution in [0.15, 0.2) is 21.2 Å². The molecule has 1 unspecified atom stereocenters. The molecule has 3 nitrogen and oxygen atoms in total. The van der Waals surface area contributed by atoms with Gasteiger partial charge in [0.05, 0.1) is 5.69 Å². The topological polar surface area (TPSA) is 42.1 Å². The Morgan fingerprint density at radius 1 is 1.42 bits per heavy atom. The summed E-state index contributed by atoms with van der Waals surface area (Å²) in [7, 11) is 0. The Bertz CT molecular complexity index is 401. The first-order chi connectivity index (χ1) is 8.69. The fourth-order valence-electron chi connectivity index (χ4n) is 2.54. The zero-order chi connectivity index (χ0) is 13.0. The zero-order valence-corrected chi connectivity index (χ0v) is 14.8. The van der Waals surface area contributed by atoms with Crippen molar-refractivity contribution in [3.05, 3.63) is 26.9 Å². The molecule has 108 valence electrons. The van der Waals surface area contributed by atoms with E-state index in [2.05, 4.69) is 47.8 Å². The van der Waals surface area contributed by atoms with E-state index in [4.69, 9.17) is 5.73 Å². The molecule has 2 N–H and O–H groups in total. The van der Waals surface area contributed by atoms with E-state index in [1.165, 1.54) is 19.4 Å². The molecule has 0 bridgehead atoms. The van der Waals surface area contributed by atoms with Crippen molar-refractivity contribution < 1.29 is 0 Å². The third kappa shape index (κ3) is 5.31. The van der Waals surface area contributed by atoms with Crippen molar-refractivity contribution in [1.29, 1.82) is 0 Å². The number of nitrogens with zero attached hydrogens (tertiary/aromatic N) is 2. The molecule has 0 saturated carbocycles. The van der Waals surface area contributed by atoms with Crippen LogP contribution in [0.25, 0.3) is 0 Å². The van der Waals surface area contributed by atoms with Gasteiger partial charge in [0.25, 0.3) is 0 Å². The predicted octanol–water partition coefficient (Wildman–Crippen LogP) is 3.59. The zero-order valence-electron chi connectivity index (χ0n) is 10.8. The minimum Gasteiger partial charge on any atom is -0.330 e.